The van der Waals surface area contributed by atoms with Crippen LogP contribution in [0.25, 0.3) is 15.7 Å². The van der Waals surface area contributed by atoms with Crippen molar-refractivity contribution in [3.63, 3.8) is 0 Å². The van der Waals surface area contributed by atoms with E-state index in [4.69, 9.17) is 15.9 Å². The monoisotopic (exact) mass is 436 g/mol. The minimum atomic E-state index is -3.87. The third-order valence-corrected chi connectivity index (χ3v) is 8.23. The highest BCUT2D eigenvalue weighted by molar-refractivity contribution is 7.90. The van der Waals surface area contributed by atoms with Gasteiger partial charge in [-0.15, -0.1) is 0 Å². The van der Waals surface area contributed by atoms with Crippen LogP contribution < -0.4 is 5.46 Å². The van der Waals surface area contributed by atoms with Crippen molar-refractivity contribution in [2.45, 2.75) is 57.6 Å². The van der Waals surface area contributed by atoms with Crippen LogP contribution in [-0.4, -0.2) is 30.7 Å². The predicted molar refractivity (Wildman–Crippen MR) is 122 cm³/mol. The zero-order chi connectivity index (χ0) is 22.8. The second kappa shape index (κ2) is 6.96. The minimum absolute atomic E-state index is 0.197. The summed E-state index contributed by atoms with van der Waals surface area (Å²) < 4.78 is 41.2. The molecule has 8 heteroatoms. The lowest BCUT2D eigenvalue weighted by atomic mass is 9.77. The number of nitrogens with zero attached hydrogens (tertiary/aromatic N) is 2. The highest BCUT2D eigenvalue weighted by atomic mass is 32.2. The van der Waals surface area contributed by atoms with Gasteiger partial charge in [0.15, 0.2) is 5.69 Å². The van der Waals surface area contributed by atoms with Gasteiger partial charge in [0.05, 0.1) is 28.2 Å². The number of rotatable bonds is 3. The molecular weight excluding hydrogens is 411 g/mol. The maximum atomic E-state index is 13.6. The van der Waals surface area contributed by atoms with E-state index in [9.17, 15) is 8.42 Å². The first kappa shape index (κ1) is 21.6. The summed E-state index contributed by atoms with van der Waals surface area (Å²) in [6.07, 6.45) is 0. The molecule has 0 radical (unpaired) electrons. The third-order valence-electron chi connectivity index (χ3n) is 6.41. The summed E-state index contributed by atoms with van der Waals surface area (Å²) in [5.41, 5.74) is 1.69. The Bertz CT molecular complexity index is 1320. The molecule has 0 saturated carbocycles. The molecule has 0 aliphatic carbocycles. The first-order valence-electron chi connectivity index (χ1n) is 10.1. The molecule has 1 fully saturated rings. The van der Waals surface area contributed by atoms with Crippen LogP contribution >= 0.6 is 0 Å². The van der Waals surface area contributed by atoms with E-state index in [2.05, 4.69) is 4.85 Å². The van der Waals surface area contributed by atoms with Crippen molar-refractivity contribution in [1.82, 2.24) is 3.97 Å². The summed E-state index contributed by atoms with van der Waals surface area (Å²) in [4.78, 5) is 3.81. The van der Waals surface area contributed by atoms with Crippen LogP contribution in [0.2, 0.25) is 0 Å². The molecule has 2 aromatic carbocycles. The van der Waals surface area contributed by atoms with Crippen LogP contribution in [0, 0.1) is 20.4 Å². The summed E-state index contributed by atoms with van der Waals surface area (Å²) in [5, 5.41) is 0.645. The van der Waals surface area contributed by atoms with Crippen LogP contribution in [-0.2, 0) is 19.3 Å². The molecule has 0 unspecified atom stereocenters. The van der Waals surface area contributed by atoms with Gasteiger partial charge >= 0.3 is 7.12 Å². The molecule has 0 spiro atoms. The smallest absolute Gasteiger partial charge is 0.399 e. The van der Waals surface area contributed by atoms with Gasteiger partial charge in [0.25, 0.3) is 10.0 Å². The van der Waals surface area contributed by atoms with Crippen molar-refractivity contribution < 1.29 is 17.7 Å². The molecule has 0 N–H and O–H groups in total. The first-order chi connectivity index (χ1) is 14.4. The quantitative estimate of drug-likeness (QED) is 0.453. The zero-order valence-corrected chi connectivity index (χ0v) is 19.4. The predicted octanol–water partition coefficient (Wildman–Crippen LogP) is 4.35. The summed E-state index contributed by atoms with van der Waals surface area (Å²) in [7, 11) is -4.62. The van der Waals surface area contributed by atoms with Gasteiger partial charge in [0.2, 0.25) is 0 Å². The van der Waals surface area contributed by atoms with Crippen molar-refractivity contribution in [2.75, 3.05) is 0 Å². The molecular formula is C23H25BN2O4S. The molecule has 31 heavy (non-hydrogen) atoms. The van der Waals surface area contributed by atoms with E-state index in [1.165, 1.54) is 3.97 Å². The van der Waals surface area contributed by atoms with Gasteiger partial charge in [0, 0.05) is 11.2 Å². The molecule has 0 bridgehead atoms. The van der Waals surface area contributed by atoms with E-state index in [0.717, 1.165) is 0 Å². The van der Waals surface area contributed by atoms with Gasteiger partial charge in [-0.3, -0.25) is 0 Å². The largest absolute Gasteiger partial charge is 0.497 e. The Morgan fingerprint density at radius 1 is 1.00 bits per heavy atom. The fraction of sp³-hybridized carbons (Fsp3) is 0.348. The number of aryl methyl sites for hydroxylation is 1. The number of benzene rings is 2. The minimum Gasteiger partial charge on any atom is -0.399 e. The Morgan fingerprint density at radius 2 is 1.58 bits per heavy atom. The highest BCUT2D eigenvalue weighted by Gasteiger charge is 2.53. The second-order valence-electron chi connectivity index (χ2n) is 8.94. The Balaban J connectivity index is 2.05. The number of hydrogen-bond acceptors (Lipinski definition) is 4. The van der Waals surface area contributed by atoms with Crippen LogP contribution in [0.3, 0.4) is 0 Å². The average molecular weight is 436 g/mol. The molecule has 3 aromatic rings. The van der Waals surface area contributed by atoms with Crippen molar-refractivity contribution in [2.24, 2.45) is 0 Å². The molecule has 0 amide bonds. The fourth-order valence-corrected chi connectivity index (χ4v) is 5.52. The molecule has 1 aliphatic heterocycles. The molecule has 1 aromatic heterocycles. The fourth-order valence-electron chi connectivity index (χ4n) is 3.94. The third kappa shape index (κ3) is 3.19. The van der Waals surface area contributed by atoms with Crippen LogP contribution in [0.15, 0.2) is 47.4 Å². The Morgan fingerprint density at radius 3 is 2.13 bits per heavy atom. The highest BCUT2D eigenvalue weighted by Crippen LogP contribution is 2.39. The van der Waals surface area contributed by atoms with Gasteiger partial charge in [0.1, 0.15) is 0 Å². The van der Waals surface area contributed by atoms with E-state index in [1.54, 1.807) is 49.4 Å². The van der Waals surface area contributed by atoms with Gasteiger partial charge in [-0.25, -0.2) is 17.2 Å². The molecule has 0 atom stereocenters. The normalized spacial score (nSPS) is 17.8. The average Bonchev–Trinajstić information content (AvgIpc) is 3.09. The van der Waals surface area contributed by atoms with Gasteiger partial charge in [-0.2, -0.15) is 0 Å². The maximum absolute atomic E-state index is 13.6. The number of fused-ring (bicyclic) bond motifs is 1. The van der Waals surface area contributed by atoms with E-state index in [-0.39, 0.29) is 4.90 Å². The molecule has 160 valence electrons. The van der Waals surface area contributed by atoms with E-state index >= 15 is 0 Å². The van der Waals surface area contributed by atoms with Crippen LogP contribution in [0.5, 0.6) is 0 Å². The first-order valence-corrected chi connectivity index (χ1v) is 11.5. The standard InChI is InChI=1S/C23H25BN2O4S/c1-15-13-20-18(14-19(15)25-7)21(24-29-22(3,4)23(5,6)30-24)16(2)26(20)31(27,28)17-11-9-8-10-12-17/h8-14H,1-6H3. The van der Waals surface area contributed by atoms with Crippen molar-refractivity contribution >= 4 is 39.2 Å². The SMILES string of the molecule is [C-]#[N+]c1cc2c(B3OC(C)(C)C(C)(C)O3)c(C)n(S(=O)(=O)c3ccccc3)c2cc1C. The summed E-state index contributed by atoms with van der Waals surface area (Å²) >= 11 is 0. The van der Waals surface area contributed by atoms with E-state index in [1.807, 2.05) is 34.6 Å². The van der Waals surface area contributed by atoms with Crippen molar-refractivity contribution in [3.05, 3.63) is 65.1 Å². The molecule has 4 rings (SSSR count). The van der Waals surface area contributed by atoms with E-state index in [0.29, 0.717) is 33.3 Å². The summed E-state index contributed by atoms with van der Waals surface area (Å²) in [6.45, 7) is 18.9. The molecule has 1 saturated heterocycles. The van der Waals surface area contributed by atoms with Gasteiger partial charge < -0.3 is 9.31 Å². The van der Waals surface area contributed by atoms with Crippen molar-refractivity contribution in [3.8, 4) is 0 Å². The molecule has 6 nitrogen and oxygen atoms in total. The number of hydrogen-bond donors (Lipinski definition) is 0. The maximum Gasteiger partial charge on any atom is 0.497 e. The Hall–Kier alpha value is -2.60. The molecule has 2 heterocycles. The lowest BCUT2D eigenvalue weighted by Gasteiger charge is -2.32. The van der Waals surface area contributed by atoms with Gasteiger partial charge in [-0.05, 0) is 76.8 Å². The topological polar surface area (TPSA) is 61.9 Å². The van der Waals surface area contributed by atoms with Crippen LogP contribution in [0.1, 0.15) is 39.0 Å². The van der Waals surface area contributed by atoms with Crippen LogP contribution in [0.4, 0.5) is 5.69 Å². The number of aromatic nitrogens is 1. The Labute approximate surface area is 183 Å². The lowest BCUT2D eigenvalue weighted by Crippen LogP contribution is -2.41. The van der Waals surface area contributed by atoms with E-state index < -0.39 is 28.3 Å². The Kier molecular flexibility index (Phi) is 4.85. The second-order valence-corrected chi connectivity index (χ2v) is 10.7. The summed E-state index contributed by atoms with van der Waals surface area (Å²) in [6, 6.07) is 11.8. The lowest BCUT2D eigenvalue weighted by molar-refractivity contribution is 0.00578. The summed E-state index contributed by atoms with van der Waals surface area (Å²) in [5.74, 6) is 0. The van der Waals surface area contributed by atoms with Gasteiger partial charge in [-0.1, -0.05) is 18.2 Å². The molecule has 1 aliphatic rings. The van der Waals surface area contributed by atoms with Crippen molar-refractivity contribution in [1.29, 1.82) is 0 Å². The zero-order valence-electron chi connectivity index (χ0n) is 18.6.